The van der Waals surface area contributed by atoms with Gasteiger partial charge in [-0.3, -0.25) is 4.79 Å². The summed E-state index contributed by atoms with van der Waals surface area (Å²) in [5.41, 5.74) is -0.0621. The molecule has 0 radical (unpaired) electrons. The van der Waals surface area contributed by atoms with E-state index in [0.717, 1.165) is 23.9 Å². The summed E-state index contributed by atoms with van der Waals surface area (Å²) in [5, 5.41) is 20.1. The number of benzene rings is 1. The number of rotatable bonds is 4. The second kappa shape index (κ2) is 6.28. The third-order valence-corrected chi connectivity index (χ3v) is 4.75. The average Bonchev–Trinajstić information content (AvgIpc) is 2.94. The number of hydrogen-bond acceptors (Lipinski definition) is 3. The van der Waals surface area contributed by atoms with E-state index in [2.05, 4.69) is 6.92 Å². The van der Waals surface area contributed by atoms with Crippen molar-refractivity contribution in [3.8, 4) is 0 Å². The fourth-order valence-corrected chi connectivity index (χ4v) is 3.31. The van der Waals surface area contributed by atoms with Gasteiger partial charge in [-0.05, 0) is 18.6 Å². The van der Waals surface area contributed by atoms with E-state index in [0.29, 0.717) is 5.69 Å². The summed E-state index contributed by atoms with van der Waals surface area (Å²) in [6.07, 6.45) is 1.03. The number of carbonyl (C=O) groups excluding carboxylic acids is 1. The number of nitrogens with zero attached hydrogens (tertiary/aromatic N) is 2. The van der Waals surface area contributed by atoms with Gasteiger partial charge in [0.1, 0.15) is 5.69 Å². The van der Waals surface area contributed by atoms with E-state index in [9.17, 15) is 14.7 Å². The second-order valence-electron chi connectivity index (χ2n) is 6.37. The van der Waals surface area contributed by atoms with Crippen LogP contribution in [0.2, 0.25) is 0 Å². The van der Waals surface area contributed by atoms with Crippen LogP contribution in [-0.4, -0.2) is 50.2 Å². The van der Waals surface area contributed by atoms with Crippen molar-refractivity contribution in [1.82, 2.24) is 9.47 Å². The van der Waals surface area contributed by atoms with E-state index in [4.69, 9.17) is 5.11 Å². The minimum atomic E-state index is -1.72. The van der Waals surface area contributed by atoms with Crippen LogP contribution in [0.15, 0.2) is 30.3 Å². The predicted octanol–water partition coefficient (Wildman–Crippen LogP) is 2.10. The molecule has 0 saturated carbocycles. The maximum atomic E-state index is 12.9. The minimum absolute atomic E-state index is 0.0576. The Kier molecular flexibility index (Phi) is 4.32. The Bertz CT molecular complexity index is 772. The van der Waals surface area contributed by atoms with Crippen LogP contribution in [0.25, 0.3) is 10.9 Å². The van der Waals surface area contributed by atoms with Crippen LogP contribution in [0.4, 0.5) is 0 Å². The Balaban J connectivity index is 1.87. The Morgan fingerprint density at radius 2 is 1.88 bits per heavy atom. The first-order chi connectivity index (χ1) is 11.5. The number of aliphatic hydroxyl groups is 1. The van der Waals surface area contributed by atoms with Crippen molar-refractivity contribution in [1.29, 1.82) is 0 Å². The monoisotopic (exact) mass is 330 g/mol. The number of carboxylic acid groups (broad SMARTS) is 1. The van der Waals surface area contributed by atoms with Crippen LogP contribution in [-0.2, 0) is 11.3 Å². The van der Waals surface area contributed by atoms with Gasteiger partial charge in [-0.1, -0.05) is 25.1 Å². The van der Waals surface area contributed by atoms with Gasteiger partial charge in [-0.25, -0.2) is 4.79 Å². The molecular weight excluding hydrogens is 308 g/mol. The zero-order valence-corrected chi connectivity index (χ0v) is 13.7. The number of hydrogen-bond donors (Lipinski definition) is 2. The van der Waals surface area contributed by atoms with Crippen LogP contribution in [0.3, 0.4) is 0 Å². The first-order valence-corrected chi connectivity index (χ1v) is 8.29. The van der Waals surface area contributed by atoms with Crippen molar-refractivity contribution in [2.24, 2.45) is 0 Å². The van der Waals surface area contributed by atoms with Crippen molar-refractivity contribution in [3.63, 3.8) is 0 Å². The standard InChI is InChI=1S/C18H22N2O4/c1-2-9-20-14-6-4-3-5-13(14)12-15(20)16(21)19-10-7-18(24,8-11-19)17(22)23/h3-6,12,24H,2,7-11H2,1H3,(H,22,23). The maximum absolute atomic E-state index is 12.9. The van der Waals surface area contributed by atoms with Crippen LogP contribution in [0, 0.1) is 0 Å². The molecule has 1 saturated heterocycles. The van der Waals surface area contributed by atoms with Gasteiger partial charge >= 0.3 is 5.97 Å². The van der Waals surface area contributed by atoms with E-state index in [1.165, 1.54) is 0 Å². The number of para-hydroxylation sites is 1. The maximum Gasteiger partial charge on any atom is 0.335 e. The van der Waals surface area contributed by atoms with Gasteiger partial charge < -0.3 is 19.7 Å². The molecule has 1 aliphatic heterocycles. The highest BCUT2D eigenvalue weighted by Crippen LogP contribution is 2.26. The minimum Gasteiger partial charge on any atom is -0.479 e. The van der Waals surface area contributed by atoms with Crippen molar-refractivity contribution >= 4 is 22.8 Å². The predicted molar refractivity (Wildman–Crippen MR) is 90.0 cm³/mol. The molecule has 128 valence electrons. The molecular formula is C18H22N2O4. The number of aryl methyl sites for hydroxylation is 1. The van der Waals surface area contributed by atoms with Gasteiger partial charge in [0.05, 0.1) is 0 Å². The lowest BCUT2D eigenvalue weighted by molar-refractivity contribution is -0.162. The molecule has 3 rings (SSSR count). The highest BCUT2D eigenvalue weighted by Gasteiger charge is 2.40. The summed E-state index contributed by atoms with van der Waals surface area (Å²) in [6, 6.07) is 9.78. The van der Waals surface area contributed by atoms with E-state index in [-0.39, 0.29) is 31.8 Å². The summed E-state index contributed by atoms with van der Waals surface area (Å²) in [4.78, 5) is 25.7. The van der Waals surface area contributed by atoms with Crippen LogP contribution in [0.5, 0.6) is 0 Å². The van der Waals surface area contributed by atoms with E-state index < -0.39 is 11.6 Å². The molecule has 0 aliphatic carbocycles. The Labute approximate surface area is 140 Å². The molecule has 1 aromatic heterocycles. The number of aliphatic carboxylic acids is 1. The van der Waals surface area contributed by atoms with Gasteiger partial charge in [0, 0.05) is 43.4 Å². The number of piperidine rings is 1. The van der Waals surface area contributed by atoms with Crippen molar-refractivity contribution in [2.45, 2.75) is 38.3 Å². The van der Waals surface area contributed by atoms with E-state index in [1.54, 1.807) is 4.90 Å². The normalized spacial score (nSPS) is 17.2. The first-order valence-electron chi connectivity index (χ1n) is 8.29. The third-order valence-electron chi connectivity index (χ3n) is 4.75. The highest BCUT2D eigenvalue weighted by molar-refractivity contribution is 5.99. The number of fused-ring (bicyclic) bond motifs is 1. The molecule has 1 aromatic carbocycles. The Morgan fingerprint density at radius 1 is 1.21 bits per heavy atom. The lowest BCUT2D eigenvalue weighted by Gasteiger charge is -2.35. The highest BCUT2D eigenvalue weighted by atomic mass is 16.4. The topological polar surface area (TPSA) is 82.8 Å². The fourth-order valence-electron chi connectivity index (χ4n) is 3.31. The number of aromatic nitrogens is 1. The van der Waals surface area contributed by atoms with Crippen LogP contribution >= 0.6 is 0 Å². The molecule has 1 fully saturated rings. The fraction of sp³-hybridized carbons (Fsp3) is 0.444. The largest absolute Gasteiger partial charge is 0.479 e. The zero-order valence-electron chi connectivity index (χ0n) is 13.7. The van der Waals surface area contributed by atoms with Gasteiger partial charge in [-0.15, -0.1) is 0 Å². The van der Waals surface area contributed by atoms with Gasteiger partial charge in [-0.2, -0.15) is 0 Å². The molecule has 0 spiro atoms. The van der Waals surface area contributed by atoms with Crippen molar-refractivity contribution in [2.75, 3.05) is 13.1 Å². The summed E-state index contributed by atoms with van der Waals surface area (Å²) < 4.78 is 2.02. The molecule has 0 unspecified atom stereocenters. The van der Waals surface area contributed by atoms with Crippen molar-refractivity contribution < 1.29 is 19.8 Å². The molecule has 0 atom stereocenters. The molecule has 24 heavy (non-hydrogen) atoms. The number of carbonyl (C=O) groups is 2. The molecule has 6 heteroatoms. The summed E-state index contributed by atoms with van der Waals surface area (Å²) in [7, 11) is 0. The molecule has 2 aromatic rings. The van der Waals surface area contributed by atoms with E-state index in [1.807, 2.05) is 34.9 Å². The molecule has 6 nitrogen and oxygen atoms in total. The lowest BCUT2D eigenvalue weighted by Crippen LogP contribution is -2.51. The van der Waals surface area contributed by atoms with Crippen LogP contribution < -0.4 is 0 Å². The SMILES string of the molecule is CCCn1c(C(=O)N2CCC(O)(C(=O)O)CC2)cc2ccccc21. The average molecular weight is 330 g/mol. The second-order valence-corrected chi connectivity index (χ2v) is 6.37. The van der Waals surface area contributed by atoms with Crippen LogP contribution in [0.1, 0.15) is 36.7 Å². The molecule has 2 N–H and O–H groups in total. The van der Waals surface area contributed by atoms with Gasteiger partial charge in [0.25, 0.3) is 5.91 Å². The number of amides is 1. The molecule has 0 bridgehead atoms. The number of carboxylic acids is 1. The van der Waals surface area contributed by atoms with E-state index >= 15 is 0 Å². The third kappa shape index (κ3) is 2.78. The Morgan fingerprint density at radius 3 is 2.50 bits per heavy atom. The summed E-state index contributed by atoms with van der Waals surface area (Å²) >= 11 is 0. The molecule has 2 heterocycles. The molecule has 1 aliphatic rings. The van der Waals surface area contributed by atoms with Gasteiger partial charge in [0.15, 0.2) is 5.60 Å². The zero-order chi connectivity index (χ0) is 17.3. The Hall–Kier alpha value is -2.34. The lowest BCUT2D eigenvalue weighted by atomic mass is 9.91. The number of likely N-dealkylation sites (tertiary alicyclic amines) is 1. The first kappa shape index (κ1) is 16.5. The smallest absolute Gasteiger partial charge is 0.335 e. The van der Waals surface area contributed by atoms with Gasteiger partial charge in [0.2, 0.25) is 0 Å². The quantitative estimate of drug-likeness (QED) is 0.899. The summed E-state index contributed by atoms with van der Waals surface area (Å²) in [5.74, 6) is -1.32. The summed E-state index contributed by atoms with van der Waals surface area (Å²) in [6.45, 7) is 3.31. The molecule has 1 amide bonds. The van der Waals surface area contributed by atoms with Crippen molar-refractivity contribution in [3.05, 3.63) is 36.0 Å².